The van der Waals surface area contributed by atoms with Crippen LogP contribution in [0.2, 0.25) is 10.0 Å². The zero-order valence-electron chi connectivity index (χ0n) is 11.1. The van der Waals surface area contributed by atoms with Crippen LogP contribution in [0.15, 0.2) is 48.5 Å². The molecular formula is C15H8Cl2N4S. The molecule has 0 amide bonds. The van der Waals surface area contributed by atoms with Crippen LogP contribution in [0, 0.1) is 0 Å². The topological polar surface area (TPSA) is 43.1 Å². The van der Waals surface area contributed by atoms with Crippen LogP contribution in [-0.4, -0.2) is 19.8 Å². The van der Waals surface area contributed by atoms with Gasteiger partial charge in [0.15, 0.2) is 5.82 Å². The van der Waals surface area contributed by atoms with E-state index in [2.05, 4.69) is 15.3 Å². The predicted molar refractivity (Wildman–Crippen MR) is 89.6 cm³/mol. The second kappa shape index (κ2) is 5.35. The summed E-state index contributed by atoms with van der Waals surface area (Å²) in [5.41, 5.74) is 1.92. The van der Waals surface area contributed by atoms with Crippen LogP contribution >= 0.6 is 34.5 Å². The van der Waals surface area contributed by atoms with Gasteiger partial charge in [-0.15, -0.1) is 10.2 Å². The molecule has 0 aliphatic rings. The van der Waals surface area contributed by atoms with Crippen LogP contribution in [0.5, 0.6) is 0 Å². The van der Waals surface area contributed by atoms with Crippen LogP contribution in [0.4, 0.5) is 0 Å². The summed E-state index contributed by atoms with van der Waals surface area (Å²) in [7, 11) is 0. The van der Waals surface area contributed by atoms with Crippen molar-refractivity contribution in [3.8, 4) is 22.0 Å². The lowest BCUT2D eigenvalue weighted by Crippen LogP contribution is -1.90. The molecule has 0 radical (unpaired) electrons. The normalized spacial score (nSPS) is 11.2. The van der Waals surface area contributed by atoms with E-state index in [9.17, 15) is 0 Å². The molecule has 0 aliphatic heterocycles. The molecule has 4 rings (SSSR count). The predicted octanol–water partition coefficient (Wildman–Crippen LogP) is 4.83. The van der Waals surface area contributed by atoms with Gasteiger partial charge in [-0.05, 0) is 36.4 Å². The molecule has 7 heteroatoms. The van der Waals surface area contributed by atoms with Crippen LogP contribution < -0.4 is 0 Å². The van der Waals surface area contributed by atoms with E-state index in [1.807, 2.05) is 48.5 Å². The molecule has 4 aromatic rings. The Bertz CT molecular complexity index is 942. The van der Waals surface area contributed by atoms with Crippen molar-refractivity contribution in [2.45, 2.75) is 0 Å². The lowest BCUT2D eigenvalue weighted by atomic mass is 10.2. The Kier molecular flexibility index (Phi) is 3.33. The maximum absolute atomic E-state index is 5.92. The summed E-state index contributed by atoms with van der Waals surface area (Å²) in [5, 5.41) is 15.3. The van der Waals surface area contributed by atoms with E-state index in [0.29, 0.717) is 15.9 Å². The van der Waals surface area contributed by atoms with Gasteiger partial charge >= 0.3 is 0 Å². The zero-order valence-corrected chi connectivity index (χ0v) is 13.4. The van der Waals surface area contributed by atoms with E-state index in [4.69, 9.17) is 23.2 Å². The fourth-order valence-corrected chi connectivity index (χ4v) is 3.20. The monoisotopic (exact) mass is 346 g/mol. The van der Waals surface area contributed by atoms with Gasteiger partial charge in [0.1, 0.15) is 5.01 Å². The van der Waals surface area contributed by atoms with Crippen molar-refractivity contribution >= 4 is 39.5 Å². The van der Waals surface area contributed by atoms with Crippen molar-refractivity contribution in [1.29, 1.82) is 0 Å². The smallest absolute Gasteiger partial charge is 0.182 e. The maximum atomic E-state index is 5.92. The highest BCUT2D eigenvalue weighted by Gasteiger charge is 2.14. The fraction of sp³-hybridized carbons (Fsp3) is 0. The van der Waals surface area contributed by atoms with E-state index in [1.54, 1.807) is 4.52 Å². The molecule has 0 aliphatic carbocycles. The summed E-state index contributed by atoms with van der Waals surface area (Å²) in [5.74, 6) is 0.697. The molecular weight excluding hydrogens is 339 g/mol. The summed E-state index contributed by atoms with van der Waals surface area (Å²) in [6, 6.07) is 15.0. The largest absolute Gasteiger partial charge is 0.235 e. The van der Waals surface area contributed by atoms with Gasteiger partial charge < -0.3 is 0 Å². The van der Waals surface area contributed by atoms with Crippen molar-refractivity contribution < 1.29 is 0 Å². The van der Waals surface area contributed by atoms with Gasteiger partial charge in [0.25, 0.3) is 0 Å². The molecule has 0 saturated carbocycles. The molecule has 0 fully saturated rings. The third-order valence-electron chi connectivity index (χ3n) is 3.18. The quantitative estimate of drug-likeness (QED) is 0.522. The van der Waals surface area contributed by atoms with E-state index in [0.717, 1.165) is 21.1 Å². The molecule has 0 atom stereocenters. The first-order valence-corrected chi connectivity index (χ1v) is 8.02. The molecule has 0 unspecified atom stereocenters. The van der Waals surface area contributed by atoms with Crippen molar-refractivity contribution in [2.75, 3.05) is 0 Å². The van der Waals surface area contributed by atoms with Gasteiger partial charge in [0.05, 0.1) is 0 Å². The van der Waals surface area contributed by atoms with Crippen LogP contribution in [0.1, 0.15) is 0 Å². The number of rotatable bonds is 2. The number of aromatic nitrogens is 4. The van der Waals surface area contributed by atoms with E-state index >= 15 is 0 Å². The van der Waals surface area contributed by atoms with Crippen LogP contribution in [-0.2, 0) is 0 Å². The van der Waals surface area contributed by atoms with Gasteiger partial charge in [-0.3, -0.25) is 0 Å². The van der Waals surface area contributed by atoms with Gasteiger partial charge in [-0.25, -0.2) is 0 Å². The molecule has 4 nitrogen and oxygen atoms in total. The van der Waals surface area contributed by atoms with Gasteiger partial charge in [0.2, 0.25) is 4.96 Å². The maximum Gasteiger partial charge on any atom is 0.235 e. The molecule has 0 spiro atoms. The van der Waals surface area contributed by atoms with Crippen molar-refractivity contribution in [3.63, 3.8) is 0 Å². The summed E-state index contributed by atoms with van der Waals surface area (Å²) in [4.78, 5) is 0.745. The molecule has 0 bridgehead atoms. The highest BCUT2D eigenvalue weighted by Crippen LogP contribution is 2.29. The SMILES string of the molecule is Clc1ccc(-c2nn3c(-c4ccc(Cl)cc4)nnc3s2)cc1. The second-order valence-electron chi connectivity index (χ2n) is 4.64. The minimum absolute atomic E-state index is 0.685. The molecule has 2 aromatic heterocycles. The zero-order chi connectivity index (χ0) is 15.1. The summed E-state index contributed by atoms with van der Waals surface area (Å²) in [6.45, 7) is 0. The molecule has 2 aromatic carbocycles. The molecule has 2 heterocycles. The van der Waals surface area contributed by atoms with Crippen molar-refractivity contribution in [3.05, 3.63) is 58.6 Å². The lowest BCUT2D eigenvalue weighted by molar-refractivity contribution is 0.971. The first-order chi connectivity index (χ1) is 10.7. The lowest BCUT2D eigenvalue weighted by Gasteiger charge is -1.97. The Morgan fingerprint density at radius 3 is 2.00 bits per heavy atom. The summed E-state index contributed by atoms with van der Waals surface area (Å²) >= 11 is 13.3. The Morgan fingerprint density at radius 1 is 0.773 bits per heavy atom. The van der Waals surface area contributed by atoms with Crippen molar-refractivity contribution in [2.24, 2.45) is 0 Å². The Labute approximate surface area is 140 Å². The van der Waals surface area contributed by atoms with Gasteiger partial charge in [-0.2, -0.15) is 9.61 Å². The third-order valence-corrected chi connectivity index (χ3v) is 4.64. The Morgan fingerprint density at radius 2 is 1.36 bits per heavy atom. The molecule has 0 saturated heterocycles. The van der Waals surface area contributed by atoms with E-state index < -0.39 is 0 Å². The van der Waals surface area contributed by atoms with Gasteiger partial charge in [-0.1, -0.05) is 46.7 Å². The van der Waals surface area contributed by atoms with Crippen molar-refractivity contribution in [1.82, 2.24) is 19.8 Å². The highest BCUT2D eigenvalue weighted by atomic mass is 35.5. The van der Waals surface area contributed by atoms with E-state index in [1.165, 1.54) is 11.3 Å². The standard InChI is InChI=1S/C15H8Cl2N4S/c16-11-5-1-9(2-6-11)13-18-19-15-21(13)20-14(22-15)10-3-7-12(17)8-4-10/h1-8H. The van der Waals surface area contributed by atoms with Crippen LogP contribution in [0.25, 0.3) is 26.9 Å². The highest BCUT2D eigenvalue weighted by molar-refractivity contribution is 7.19. The number of hydrogen-bond donors (Lipinski definition) is 0. The average Bonchev–Trinajstić information content (AvgIpc) is 3.09. The first kappa shape index (κ1) is 13.7. The fourth-order valence-electron chi connectivity index (χ4n) is 2.11. The second-order valence-corrected chi connectivity index (χ2v) is 6.47. The summed E-state index contributed by atoms with van der Waals surface area (Å²) < 4.78 is 1.75. The minimum Gasteiger partial charge on any atom is -0.182 e. The number of benzene rings is 2. The minimum atomic E-state index is 0.685. The number of halogens is 2. The Balaban J connectivity index is 1.82. The Hall–Kier alpha value is -1.95. The number of nitrogens with zero attached hydrogens (tertiary/aromatic N) is 4. The molecule has 22 heavy (non-hydrogen) atoms. The number of fused-ring (bicyclic) bond motifs is 1. The van der Waals surface area contributed by atoms with Crippen LogP contribution in [0.3, 0.4) is 0 Å². The van der Waals surface area contributed by atoms with E-state index in [-0.39, 0.29) is 0 Å². The number of hydrogen-bond acceptors (Lipinski definition) is 4. The first-order valence-electron chi connectivity index (χ1n) is 6.45. The van der Waals surface area contributed by atoms with Gasteiger partial charge in [0, 0.05) is 21.2 Å². The molecule has 108 valence electrons. The average molecular weight is 347 g/mol. The molecule has 0 N–H and O–H groups in total. The third kappa shape index (κ3) is 2.37. The summed E-state index contributed by atoms with van der Waals surface area (Å²) in [6.07, 6.45) is 0.